The maximum absolute atomic E-state index is 13.0. The normalized spacial score (nSPS) is 20.0. The molecule has 0 aliphatic carbocycles. The van der Waals surface area contributed by atoms with Crippen molar-refractivity contribution in [2.24, 2.45) is 0 Å². The number of urea groups is 1. The van der Waals surface area contributed by atoms with Gasteiger partial charge >= 0.3 is 6.03 Å². The molecule has 0 radical (unpaired) electrons. The lowest BCUT2D eigenvalue weighted by Crippen LogP contribution is -3.09. The van der Waals surface area contributed by atoms with Crippen molar-refractivity contribution in [1.82, 2.24) is 10.2 Å². The predicted octanol–water partition coefficient (Wildman–Crippen LogP) is 1.69. The van der Waals surface area contributed by atoms with Crippen LogP contribution in [0.3, 0.4) is 0 Å². The number of carbonyl (C=O) groups is 2. The van der Waals surface area contributed by atoms with Gasteiger partial charge in [0.25, 0.3) is 5.91 Å². The number of amides is 3. The molecule has 1 fully saturated rings. The Bertz CT molecular complexity index is 851. The molecule has 0 bridgehead atoms. The van der Waals surface area contributed by atoms with Gasteiger partial charge in [-0.1, -0.05) is 43.0 Å². The Morgan fingerprint density at radius 3 is 2.46 bits per heavy atom. The van der Waals surface area contributed by atoms with E-state index < -0.39 is 5.54 Å². The van der Waals surface area contributed by atoms with Crippen LogP contribution in [0.4, 0.5) is 4.79 Å². The molecule has 1 heterocycles. The Morgan fingerprint density at radius 2 is 1.82 bits per heavy atom. The Hall–Kier alpha value is -3.12. The Labute approximate surface area is 165 Å². The maximum atomic E-state index is 13.0. The fraction of sp³-hybridized carbons (Fsp3) is 0.273. The third-order valence-corrected chi connectivity index (χ3v) is 4.85. The number of quaternary nitrogens is 1. The molecular formula is C22H26N3O3+. The average molecular weight is 380 g/mol. The number of rotatable bonds is 8. The van der Waals surface area contributed by atoms with E-state index in [2.05, 4.69) is 11.9 Å². The van der Waals surface area contributed by atoms with Gasteiger partial charge in [0, 0.05) is 5.56 Å². The summed E-state index contributed by atoms with van der Waals surface area (Å²) >= 11 is 0. The van der Waals surface area contributed by atoms with Crippen molar-refractivity contribution in [3.63, 3.8) is 0 Å². The third kappa shape index (κ3) is 4.07. The van der Waals surface area contributed by atoms with Crippen molar-refractivity contribution in [2.45, 2.75) is 19.0 Å². The minimum Gasteiger partial charge on any atom is -0.490 e. The highest BCUT2D eigenvalue weighted by molar-refractivity contribution is 6.07. The van der Waals surface area contributed by atoms with E-state index in [9.17, 15) is 9.59 Å². The van der Waals surface area contributed by atoms with Gasteiger partial charge in [0.1, 0.15) is 24.4 Å². The van der Waals surface area contributed by atoms with E-state index in [-0.39, 0.29) is 11.9 Å². The highest BCUT2D eigenvalue weighted by Gasteiger charge is 2.49. The number of ether oxygens (including phenoxy) is 1. The number of hydrogen-bond donors (Lipinski definition) is 2. The second kappa shape index (κ2) is 8.27. The lowest BCUT2D eigenvalue weighted by Gasteiger charge is -2.23. The molecule has 3 amide bonds. The summed E-state index contributed by atoms with van der Waals surface area (Å²) in [6, 6.07) is 16.8. The van der Waals surface area contributed by atoms with Crippen LogP contribution < -0.4 is 15.0 Å². The van der Waals surface area contributed by atoms with E-state index in [0.29, 0.717) is 19.8 Å². The minimum atomic E-state index is -1.03. The second-order valence-corrected chi connectivity index (χ2v) is 7.19. The Morgan fingerprint density at radius 1 is 1.14 bits per heavy atom. The van der Waals surface area contributed by atoms with E-state index in [0.717, 1.165) is 21.8 Å². The van der Waals surface area contributed by atoms with Crippen LogP contribution in [0.1, 0.15) is 18.1 Å². The quantitative estimate of drug-likeness (QED) is 0.541. The summed E-state index contributed by atoms with van der Waals surface area (Å²) in [5.74, 6) is 0.560. The molecule has 6 heteroatoms. The van der Waals surface area contributed by atoms with E-state index >= 15 is 0 Å². The molecule has 2 atom stereocenters. The van der Waals surface area contributed by atoms with Crippen LogP contribution in [-0.2, 0) is 16.9 Å². The van der Waals surface area contributed by atoms with Gasteiger partial charge < -0.3 is 15.0 Å². The number of imide groups is 1. The first-order chi connectivity index (χ1) is 13.4. The molecule has 0 aromatic heterocycles. The van der Waals surface area contributed by atoms with Crippen LogP contribution in [0.5, 0.6) is 5.75 Å². The van der Waals surface area contributed by atoms with Gasteiger partial charge in [-0.15, -0.1) is 0 Å². The molecule has 0 spiro atoms. The van der Waals surface area contributed by atoms with Gasteiger partial charge in [-0.25, -0.2) is 9.69 Å². The number of hydrogen-bond acceptors (Lipinski definition) is 3. The molecule has 2 aromatic carbocycles. The summed E-state index contributed by atoms with van der Waals surface area (Å²) in [7, 11) is 1.96. The molecule has 1 aliphatic rings. The average Bonchev–Trinajstić information content (AvgIpc) is 2.92. The molecule has 1 unspecified atom stereocenters. The molecule has 3 rings (SSSR count). The number of carbonyl (C=O) groups excluding carboxylic acids is 2. The Balaban J connectivity index is 1.64. The van der Waals surface area contributed by atoms with Crippen molar-refractivity contribution in [3.8, 4) is 5.75 Å². The number of benzene rings is 2. The molecule has 0 saturated carbocycles. The highest BCUT2D eigenvalue weighted by Crippen LogP contribution is 2.27. The largest absolute Gasteiger partial charge is 0.490 e. The lowest BCUT2D eigenvalue weighted by atomic mass is 9.92. The zero-order valence-corrected chi connectivity index (χ0v) is 16.3. The van der Waals surface area contributed by atoms with Gasteiger partial charge in [-0.3, -0.25) is 4.79 Å². The second-order valence-electron chi connectivity index (χ2n) is 7.19. The van der Waals surface area contributed by atoms with E-state index in [1.807, 2.05) is 61.6 Å². The van der Waals surface area contributed by atoms with E-state index in [1.165, 1.54) is 4.90 Å². The summed E-state index contributed by atoms with van der Waals surface area (Å²) in [5, 5.41) is 2.84. The lowest BCUT2D eigenvalue weighted by molar-refractivity contribution is -0.901. The van der Waals surface area contributed by atoms with Gasteiger partial charge in [-0.05, 0) is 36.8 Å². The molecule has 6 nitrogen and oxygen atoms in total. The third-order valence-electron chi connectivity index (χ3n) is 4.85. The first-order valence-electron chi connectivity index (χ1n) is 9.27. The fourth-order valence-electron chi connectivity index (χ4n) is 3.34. The monoisotopic (exact) mass is 380 g/mol. The fourth-order valence-corrected chi connectivity index (χ4v) is 3.34. The summed E-state index contributed by atoms with van der Waals surface area (Å²) in [6.45, 7) is 6.82. The van der Waals surface area contributed by atoms with Gasteiger partial charge in [-0.2, -0.15) is 0 Å². The topological polar surface area (TPSA) is 63.1 Å². The first kappa shape index (κ1) is 19.6. The van der Waals surface area contributed by atoms with Crippen LogP contribution in [0.25, 0.3) is 0 Å². The molecule has 146 valence electrons. The highest BCUT2D eigenvalue weighted by atomic mass is 16.5. The molecule has 1 aliphatic heterocycles. The smallest absolute Gasteiger partial charge is 0.329 e. The van der Waals surface area contributed by atoms with E-state index in [4.69, 9.17) is 4.74 Å². The van der Waals surface area contributed by atoms with Crippen LogP contribution >= 0.6 is 0 Å². The molecular weight excluding hydrogens is 354 g/mol. The van der Waals surface area contributed by atoms with Crippen LogP contribution in [0.15, 0.2) is 67.3 Å². The molecule has 28 heavy (non-hydrogen) atoms. The molecule has 2 aromatic rings. The SMILES string of the molecule is C=CCOc1ccc(C[NH+](C)CN2C(=O)N[C@](C)(c3ccccc3)C2=O)cc1. The summed E-state index contributed by atoms with van der Waals surface area (Å²) in [4.78, 5) is 27.8. The predicted molar refractivity (Wildman–Crippen MR) is 107 cm³/mol. The van der Waals surface area contributed by atoms with E-state index in [1.54, 1.807) is 13.0 Å². The van der Waals surface area contributed by atoms with Crippen molar-refractivity contribution in [2.75, 3.05) is 20.3 Å². The van der Waals surface area contributed by atoms with Gasteiger partial charge in [0.05, 0.1) is 7.05 Å². The van der Waals surface area contributed by atoms with Crippen molar-refractivity contribution in [3.05, 3.63) is 78.4 Å². The van der Waals surface area contributed by atoms with Gasteiger partial charge in [0.2, 0.25) is 0 Å². The zero-order chi connectivity index (χ0) is 20.1. The summed E-state index contributed by atoms with van der Waals surface area (Å²) < 4.78 is 5.49. The van der Waals surface area contributed by atoms with Crippen molar-refractivity contribution in [1.29, 1.82) is 0 Å². The number of nitrogens with zero attached hydrogens (tertiary/aromatic N) is 1. The molecule has 1 saturated heterocycles. The zero-order valence-electron chi connectivity index (χ0n) is 16.3. The first-order valence-corrected chi connectivity index (χ1v) is 9.27. The summed E-state index contributed by atoms with van der Waals surface area (Å²) in [6.07, 6.45) is 1.70. The standard InChI is InChI=1S/C22H25N3O3/c1-4-14-28-19-12-10-17(11-13-19)15-24(3)16-25-20(26)22(2,23-21(25)27)18-8-6-5-7-9-18/h4-13H,1,14-16H2,2-3H3,(H,23,27)/p+1/t22-/m1/s1. The van der Waals surface area contributed by atoms with Crippen molar-refractivity contribution < 1.29 is 19.2 Å². The minimum absolute atomic E-state index is 0.226. The van der Waals surface area contributed by atoms with Crippen LogP contribution in [-0.4, -0.2) is 37.2 Å². The maximum Gasteiger partial charge on any atom is 0.329 e. The molecule has 2 N–H and O–H groups in total. The van der Waals surface area contributed by atoms with Crippen LogP contribution in [0.2, 0.25) is 0 Å². The Kier molecular flexibility index (Phi) is 5.80. The van der Waals surface area contributed by atoms with Crippen molar-refractivity contribution >= 4 is 11.9 Å². The summed E-state index contributed by atoms with van der Waals surface area (Å²) in [5.41, 5.74) is 0.855. The number of nitrogens with one attached hydrogen (secondary N) is 2. The van der Waals surface area contributed by atoms with Crippen LogP contribution in [0, 0.1) is 0 Å². The van der Waals surface area contributed by atoms with Gasteiger partial charge in [0.15, 0.2) is 6.67 Å².